The molecule has 0 aliphatic carbocycles. The monoisotopic (exact) mass is 457 g/mol. The molecule has 0 N–H and O–H groups in total. The first-order valence-corrected chi connectivity index (χ1v) is 10.4. The number of benzene rings is 1. The molecular weight excluding hydrogens is 435 g/mol. The van der Waals surface area contributed by atoms with Crippen molar-refractivity contribution in [2.45, 2.75) is 25.9 Å². The lowest BCUT2D eigenvalue weighted by atomic mass is 10.1. The van der Waals surface area contributed by atoms with Crippen molar-refractivity contribution in [1.29, 1.82) is 5.26 Å². The third-order valence-corrected chi connectivity index (χ3v) is 5.77. The topological polar surface area (TPSA) is 74.4 Å². The van der Waals surface area contributed by atoms with Crippen molar-refractivity contribution in [3.63, 3.8) is 0 Å². The Hall–Kier alpha value is -3.58. The van der Waals surface area contributed by atoms with Gasteiger partial charge in [0, 0.05) is 45.3 Å². The molecule has 1 aliphatic rings. The van der Waals surface area contributed by atoms with E-state index in [1.165, 1.54) is 16.7 Å². The van der Waals surface area contributed by atoms with Crippen LogP contribution < -0.4 is 15.2 Å². The SMILES string of the molecule is C[C@H]1CN(Cc2ccc(OC(F)(F)F)cc2)CCN1c1cc(=O)n(C)c2ccc(C#N)nc12. The number of aromatic nitrogens is 2. The van der Waals surface area contributed by atoms with E-state index in [0.717, 1.165) is 5.56 Å². The number of anilines is 1. The van der Waals surface area contributed by atoms with E-state index in [0.29, 0.717) is 42.9 Å². The van der Waals surface area contributed by atoms with Crippen LogP contribution in [0.5, 0.6) is 5.75 Å². The average Bonchev–Trinajstić information content (AvgIpc) is 2.76. The number of ether oxygens (including phenoxy) is 1. The number of pyridine rings is 2. The fourth-order valence-corrected chi connectivity index (χ4v) is 4.18. The lowest BCUT2D eigenvalue weighted by Crippen LogP contribution is -2.52. The van der Waals surface area contributed by atoms with Crippen molar-refractivity contribution in [3.05, 3.63) is 64.1 Å². The van der Waals surface area contributed by atoms with Crippen LogP contribution in [0.2, 0.25) is 0 Å². The molecule has 172 valence electrons. The van der Waals surface area contributed by atoms with Crippen LogP contribution in [0.15, 0.2) is 47.3 Å². The number of hydrogen-bond donors (Lipinski definition) is 0. The number of aryl methyl sites for hydroxylation is 1. The molecule has 0 unspecified atom stereocenters. The number of halogens is 3. The van der Waals surface area contributed by atoms with Gasteiger partial charge in [-0.1, -0.05) is 12.1 Å². The number of nitrogens with zero attached hydrogens (tertiary/aromatic N) is 5. The van der Waals surface area contributed by atoms with E-state index in [2.05, 4.69) is 19.5 Å². The van der Waals surface area contributed by atoms with Crippen molar-refractivity contribution < 1.29 is 17.9 Å². The number of nitriles is 1. The van der Waals surface area contributed by atoms with Crippen LogP contribution in [0.1, 0.15) is 18.2 Å². The van der Waals surface area contributed by atoms with Crippen LogP contribution in [0.4, 0.5) is 18.9 Å². The first-order valence-electron chi connectivity index (χ1n) is 10.4. The number of rotatable bonds is 4. The van der Waals surface area contributed by atoms with E-state index >= 15 is 0 Å². The maximum Gasteiger partial charge on any atom is 0.573 e. The van der Waals surface area contributed by atoms with Crippen LogP contribution in [-0.2, 0) is 13.6 Å². The Bertz CT molecular complexity index is 1260. The molecule has 10 heteroatoms. The van der Waals surface area contributed by atoms with Crippen molar-refractivity contribution in [2.75, 3.05) is 24.5 Å². The van der Waals surface area contributed by atoms with E-state index in [1.807, 2.05) is 13.0 Å². The Morgan fingerprint density at radius 3 is 2.55 bits per heavy atom. The van der Waals surface area contributed by atoms with Gasteiger partial charge < -0.3 is 14.2 Å². The molecule has 0 radical (unpaired) electrons. The van der Waals surface area contributed by atoms with Crippen molar-refractivity contribution in [1.82, 2.24) is 14.5 Å². The minimum Gasteiger partial charge on any atom is -0.406 e. The molecule has 1 aromatic carbocycles. The fraction of sp³-hybridized carbons (Fsp3) is 0.348. The minimum absolute atomic E-state index is 0.0504. The van der Waals surface area contributed by atoms with E-state index in [-0.39, 0.29) is 23.0 Å². The highest BCUT2D eigenvalue weighted by atomic mass is 19.4. The molecule has 1 aliphatic heterocycles. The maximum atomic E-state index is 12.5. The first-order chi connectivity index (χ1) is 15.6. The standard InChI is InChI=1S/C23H22F3N5O2/c1-15-13-30(14-16-3-6-18(7-4-16)33-23(24,25)26)9-10-31(15)20-11-21(32)29(2)19-8-5-17(12-27)28-22(19)20/h3-8,11,15H,9-10,13-14H2,1-2H3/t15-/m0/s1. The third kappa shape index (κ3) is 4.93. The molecule has 0 bridgehead atoms. The van der Waals surface area contributed by atoms with Crippen LogP contribution in [0, 0.1) is 11.3 Å². The molecular formula is C23H22F3N5O2. The Balaban J connectivity index is 1.51. The van der Waals surface area contributed by atoms with Gasteiger partial charge in [0.15, 0.2) is 0 Å². The number of fused-ring (bicyclic) bond motifs is 1. The van der Waals surface area contributed by atoms with Crippen LogP contribution in [0.3, 0.4) is 0 Å². The van der Waals surface area contributed by atoms with E-state index < -0.39 is 6.36 Å². The zero-order valence-electron chi connectivity index (χ0n) is 18.1. The van der Waals surface area contributed by atoms with Gasteiger partial charge in [-0.15, -0.1) is 13.2 Å². The summed E-state index contributed by atoms with van der Waals surface area (Å²) in [6.07, 6.45) is -4.71. The molecule has 3 heterocycles. The van der Waals surface area contributed by atoms with E-state index in [9.17, 15) is 23.2 Å². The summed E-state index contributed by atoms with van der Waals surface area (Å²) in [4.78, 5) is 21.3. The van der Waals surface area contributed by atoms with Gasteiger partial charge in [-0.05, 0) is 36.8 Å². The summed E-state index contributed by atoms with van der Waals surface area (Å²) in [6, 6.07) is 12.9. The summed E-state index contributed by atoms with van der Waals surface area (Å²) < 4.78 is 42.5. The smallest absolute Gasteiger partial charge is 0.406 e. The molecule has 2 aromatic heterocycles. The molecule has 1 saturated heterocycles. The molecule has 0 saturated carbocycles. The zero-order valence-corrected chi connectivity index (χ0v) is 18.1. The summed E-state index contributed by atoms with van der Waals surface area (Å²) >= 11 is 0. The van der Waals surface area contributed by atoms with E-state index in [4.69, 9.17) is 0 Å². The molecule has 1 fully saturated rings. The van der Waals surface area contributed by atoms with Gasteiger partial charge in [-0.25, -0.2) is 4.98 Å². The van der Waals surface area contributed by atoms with E-state index in [1.54, 1.807) is 37.4 Å². The van der Waals surface area contributed by atoms with Crippen molar-refractivity contribution in [3.8, 4) is 11.8 Å². The molecule has 3 aromatic rings. The predicted octanol–water partition coefficient (Wildman–Crippen LogP) is 3.41. The van der Waals surface area contributed by atoms with Crippen molar-refractivity contribution in [2.24, 2.45) is 7.05 Å². The molecule has 1 atom stereocenters. The van der Waals surface area contributed by atoms with Gasteiger partial charge in [0.25, 0.3) is 5.56 Å². The third-order valence-electron chi connectivity index (χ3n) is 5.77. The largest absolute Gasteiger partial charge is 0.573 e. The van der Waals surface area contributed by atoms with Crippen molar-refractivity contribution >= 4 is 16.7 Å². The Labute approximate surface area is 188 Å². The first kappa shape index (κ1) is 22.6. The summed E-state index contributed by atoms with van der Waals surface area (Å²) in [6.45, 7) is 4.65. The van der Waals surface area contributed by atoms with Crippen LogP contribution in [-0.4, -0.2) is 46.5 Å². The Kier molecular flexibility index (Phi) is 5.99. The fourth-order valence-electron chi connectivity index (χ4n) is 4.18. The average molecular weight is 457 g/mol. The summed E-state index contributed by atoms with van der Waals surface area (Å²) in [5, 5.41) is 9.26. The maximum absolute atomic E-state index is 12.5. The van der Waals surface area contributed by atoms with Gasteiger partial charge >= 0.3 is 6.36 Å². The molecule has 4 rings (SSSR count). The highest BCUT2D eigenvalue weighted by molar-refractivity contribution is 5.88. The highest BCUT2D eigenvalue weighted by Gasteiger charge is 2.31. The summed E-state index contributed by atoms with van der Waals surface area (Å²) in [5.74, 6) is -0.244. The normalized spacial score (nSPS) is 17.2. The van der Waals surface area contributed by atoms with Gasteiger partial charge in [0.1, 0.15) is 23.0 Å². The number of piperazine rings is 1. The minimum atomic E-state index is -4.71. The summed E-state index contributed by atoms with van der Waals surface area (Å²) in [5.41, 5.74) is 2.98. The van der Waals surface area contributed by atoms with Gasteiger partial charge in [0.05, 0.1) is 11.2 Å². The highest BCUT2D eigenvalue weighted by Crippen LogP contribution is 2.28. The summed E-state index contributed by atoms with van der Waals surface area (Å²) in [7, 11) is 1.68. The Morgan fingerprint density at radius 2 is 1.91 bits per heavy atom. The van der Waals surface area contributed by atoms with Gasteiger partial charge in [-0.2, -0.15) is 5.26 Å². The lowest BCUT2D eigenvalue weighted by Gasteiger charge is -2.41. The zero-order chi connectivity index (χ0) is 23.8. The number of hydrogen-bond acceptors (Lipinski definition) is 6. The van der Waals surface area contributed by atoms with Crippen LogP contribution >= 0.6 is 0 Å². The molecule has 33 heavy (non-hydrogen) atoms. The lowest BCUT2D eigenvalue weighted by molar-refractivity contribution is -0.274. The predicted molar refractivity (Wildman–Crippen MR) is 117 cm³/mol. The second kappa shape index (κ2) is 8.75. The quantitative estimate of drug-likeness (QED) is 0.598. The second-order valence-electron chi connectivity index (χ2n) is 8.07. The molecule has 0 spiro atoms. The molecule has 0 amide bonds. The van der Waals surface area contributed by atoms with Crippen LogP contribution in [0.25, 0.3) is 11.0 Å². The van der Waals surface area contributed by atoms with Gasteiger partial charge in [0.2, 0.25) is 0 Å². The Morgan fingerprint density at radius 1 is 1.18 bits per heavy atom. The number of alkyl halides is 3. The second-order valence-corrected chi connectivity index (χ2v) is 8.07. The molecule has 7 nitrogen and oxygen atoms in total. The van der Waals surface area contributed by atoms with Gasteiger partial charge in [-0.3, -0.25) is 9.69 Å².